The lowest BCUT2D eigenvalue weighted by Crippen LogP contribution is -2.14. The normalized spacial score (nSPS) is 11.4. The number of hydrogen-bond acceptors (Lipinski definition) is 6. The molecule has 10 heteroatoms. The van der Waals surface area contributed by atoms with Crippen molar-refractivity contribution in [2.45, 2.75) is 11.1 Å². The molecule has 2 rings (SSSR count). The van der Waals surface area contributed by atoms with Gasteiger partial charge in [-0.3, -0.25) is 0 Å². The minimum absolute atomic E-state index is 0.0816. The first-order chi connectivity index (χ1) is 9.31. The maximum absolute atomic E-state index is 12.2. The van der Waals surface area contributed by atoms with Crippen LogP contribution in [-0.4, -0.2) is 25.5 Å². The number of aromatic nitrogens is 2. The number of rotatable bonds is 4. The molecule has 0 amide bonds. The zero-order valence-electron chi connectivity index (χ0n) is 10.3. The lowest BCUT2D eigenvalue weighted by atomic mass is 10.4. The monoisotopic (exact) mass is 397 g/mol. The Bertz CT molecular complexity index is 729. The van der Waals surface area contributed by atoms with Gasteiger partial charge in [0.05, 0.1) is 10.9 Å². The molecular formula is C10H9BrClN3O3S2. The largest absolute Gasteiger partial charge is 0.481 e. The molecule has 0 saturated carbocycles. The number of aryl methyl sites for hydroxylation is 1. The van der Waals surface area contributed by atoms with E-state index in [2.05, 4.69) is 30.6 Å². The standard InChI is InChI=1S/C10H9BrClN3O3S2/c1-5-3-8(19-9(5)11)20(16,17)15-10-13-6(12)4-7(14-10)18-2/h3-4H,1-2H3,(H,13,14,15). The molecule has 0 aliphatic carbocycles. The minimum atomic E-state index is -3.76. The van der Waals surface area contributed by atoms with E-state index in [4.69, 9.17) is 16.3 Å². The molecule has 0 fully saturated rings. The van der Waals surface area contributed by atoms with Crippen molar-refractivity contribution >= 4 is 54.8 Å². The summed E-state index contributed by atoms with van der Waals surface area (Å²) < 4.78 is 32.5. The number of halogens is 2. The number of methoxy groups -OCH3 is 1. The molecule has 0 aromatic carbocycles. The maximum Gasteiger partial charge on any atom is 0.273 e. The van der Waals surface area contributed by atoms with Gasteiger partial charge in [0.1, 0.15) is 9.36 Å². The smallest absolute Gasteiger partial charge is 0.273 e. The van der Waals surface area contributed by atoms with Gasteiger partial charge in [0.15, 0.2) is 0 Å². The van der Waals surface area contributed by atoms with Crippen LogP contribution >= 0.6 is 38.9 Å². The van der Waals surface area contributed by atoms with Crippen LogP contribution in [-0.2, 0) is 10.0 Å². The molecule has 0 unspecified atom stereocenters. The Morgan fingerprint density at radius 3 is 2.65 bits per heavy atom. The van der Waals surface area contributed by atoms with Crippen molar-refractivity contribution in [2.75, 3.05) is 11.8 Å². The maximum atomic E-state index is 12.2. The van der Waals surface area contributed by atoms with E-state index in [9.17, 15) is 8.42 Å². The molecule has 0 aliphatic heterocycles. The van der Waals surface area contributed by atoms with Gasteiger partial charge in [-0.2, -0.15) is 4.98 Å². The van der Waals surface area contributed by atoms with Crippen molar-refractivity contribution in [3.05, 3.63) is 26.6 Å². The summed E-state index contributed by atoms with van der Waals surface area (Å²) >= 11 is 10.1. The molecule has 2 aromatic heterocycles. The molecule has 2 heterocycles. The van der Waals surface area contributed by atoms with Gasteiger partial charge in [0, 0.05) is 6.07 Å². The van der Waals surface area contributed by atoms with Crippen LogP contribution in [0.4, 0.5) is 5.95 Å². The topological polar surface area (TPSA) is 81.2 Å². The van der Waals surface area contributed by atoms with Gasteiger partial charge in [-0.25, -0.2) is 18.1 Å². The molecule has 0 atom stereocenters. The van der Waals surface area contributed by atoms with Crippen LogP contribution in [0.25, 0.3) is 0 Å². The van der Waals surface area contributed by atoms with E-state index in [1.165, 1.54) is 13.2 Å². The van der Waals surface area contributed by atoms with Crippen molar-refractivity contribution < 1.29 is 13.2 Å². The lowest BCUT2D eigenvalue weighted by Gasteiger charge is -2.06. The Labute approximate surface area is 133 Å². The molecule has 1 N–H and O–H groups in total. The van der Waals surface area contributed by atoms with Crippen molar-refractivity contribution in [2.24, 2.45) is 0 Å². The highest BCUT2D eigenvalue weighted by Crippen LogP contribution is 2.31. The van der Waals surface area contributed by atoms with E-state index >= 15 is 0 Å². The van der Waals surface area contributed by atoms with Crippen LogP contribution in [0.3, 0.4) is 0 Å². The average Bonchev–Trinajstić information content (AvgIpc) is 2.69. The van der Waals surface area contributed by atoms with Gasteiger partial charge >= 0.3 is 0 Å². The third-order valence-corrected chi connectivity index (χ3v) is 6.34. The summed E-state index contributed by atoms with van der Waals surface area (Å²) in [5, 5.41) is 0.0816. The SMILES string of the molecule is COc1cc(Cl)nc(NS(=O)(=O)c2cc(C)c(Br)s2)n1. The van der Waals surface area contributed by atoms with Crippen LogP contribution in [0, 0.1) is 6.92 Å². The Morgan fingerprint density at radius 2 is 2.10 bits per heavy atom. The van der Waals surface area contributed by atoms with Crippen LogP contribution in [0.1, 0.15) is 5.56 Å². The Balaban J connectivity index is 2.35. The van der Waals surface area contributed by atoms with Crippen LogP contribution in [0.2, 0.25) is 5.15 Å². The van der Waals surface area contributed by atoms with Gasteiger partial charge in [0.25, 0.3) is 10.0 Å². The Kier molecular flexibility index (Phi) is 4.52. The fraction of sp³-hybridized carbons (Fsp3) is 0.200. The van der Waals surface area contributed by atoms with Crippen molar-refractivity contribution in [3.8, 4) is 5.88 Å². The van der Waals surface area contributed by atoms with E-state index < -0.39 is 10.0 Å². The van der Waals surface area contributed by atoms with Gasteiger partial charge in [0.2, 0.25) is 11.8 Å². The predicted molar refractivity (Wildman–Crippen MR) is 81.2 cm³/mol. The third-order valence-electron chi connectivity index (χ3n) is 2.21. The summed E-state index contributed by atoms with van der Waals surface area (Å²) in [6, 6.07) is 2.93. The Morgan fingerprint density at radius 1 is 1.40 bits per heavy atom. The second-order valence-electron chi connectivity index (χ2n) is 3.68. The molecule has 0 aliphatic rings. The fourth-order valence-electron chi connectivity index (χ4n) is 1.28. The fourth-order valence-corrected chi connectivity index (χ4v) is 4.62. The van der Waals surface area contributed by atoms with Crippen LogP contribution in [0.15, 0.2) is 20.1 Å². The third kappa shape index (κ3) is 3.40. The molecule has 0 spiro atoms. The average molecular weight is 399 g/mol. The number of sulfonamides is 1. The summed E-state index contributed by atoms with van der Waals surface area (Å²) in [5.41, 5.74) is 0.833. The first kappa shape index (κ1) is 15.5. The van der Waals surface area contributed by atoms with Crippen LogP contribution < -0.4 is 9.46 Å². The molecule has 108 valence electrons. The van der Waals surface area contributed by atoms with E-state index in [0.29, 0.717) is 0 Å². The second kappa shape index (κ2) is 5.84. The first-order valence-corrected chi connectivity index (χ1v) is 8.66. The number of ether oxygens (including phenoxy) is 1. The summed E-state index contributed by atoms with van der Waals surface area (Å²) in [6.07, 6.45) is 0. The summed E-state index contributed by atoms with van der Waals surface area (Å²) in [7, 11) is -2.36. The Hall–Kier alpha value is -0.900. The van der Waals surface area contributed by atoms with E-state index in [1.807, 2.05) is 0 Å². The van der Waals surface area contributed by atoms with Gasteiger partial charge in [-0.05, 0) is 34.5 Å². The number of thiophene rings is 1. The summed E-state index contributed by atoms with van der Waals surface area (Å²) in [5.74, 6) is 0.0303. The number of hydrogen-bond donors (Lipinski definition) is 1. The van der Waals surface area contributed by atoms with Crippen LogP contribution in [0.5, 0.6) is 5.88 Å². The van der Waals surface area contributed by atoms with E-state index in [1.54, 1.807) is 13.0 Å². The summed E-state index contributed by atoms with van der Waals surface area (Å²) in [6.45, 7) is 1.80. The van der Waals surface area contributed by atoms with E-state index in [0.717, 1.165) is 20.7 Å². The highest BCUT2D eigenvalue weighted by molar-refractivity contribution is 9.11. The molecular weight excluding hydrogens is 390 g/mol. The van der Waals surface area contributed by atoms with Gasteiger partial charge in [-0.15, -0.1) is 11.3 Å². The van der Waals surface area contributed by atoms with Gasteiger partial charge < -0.3 is 4.74 Å². The van der Waals surface area contributed by atoms with Crippen molar-refractivity contribution in [1.82, 2.24) is 9.97 Å². The van der Waals surface area contributed by atoms with Crippen molar-refractivity contribution in [3.63, 3.8) is 0 Å². The first-order valence-electron chi connectivity index (χ1n) is 5.19. The quantitative estimate of drug-likeness (QED) is 0.801. The lowest BCUT2D eigenvalue weighted by molar-refractivity contribution is 0.397. The molecule has 0 saturated heterocycles. The minimum Gasteiger partial charge on any atom is -0.481 e. The number of nitrogens with one attached hydrogen (secondary N) is 1. The predicted octanol–water partition coefficient (Wildman–Crippen LogP) is 3.07. The molecule has 20 heavy (non-hydrogen) atoms. The molecule has 0 bridgehead atoms. The highest BCUT2D eigenvalue weighted by Gasteiger charge is 2.20. The molecule has 2 aromatic rings. The van der Waals surface area contributed by atoms with E-state index in [-0.39, 0.29) is 21.2 Å². The zero-order valence-corrected chi connectivity index (χ0v) is 14.3. The zero-order chi connectivity index (χ0) is 14.9. The summed E-state index contributed by atoms with van der Waals surface area (Å²) in [4.78, 5) is 7.68. The van der Waals surface area contributed by atoms with Crippen molar-refractivity contribution in [1.29, 1.82) is 0 Å². The van der Waals surface area contributed by atoms with Gasteiger partial charge in [-0.1, -0.05) is 11.6 Å². The number of nitrogens with zero attached hydrogens (tertiary/aromatic N) is 2. The molecule has 0 radical (unpaired) electrons. The number of anilines is 1. The molecule has 6 nitrogen and oxygen atoms in total. The second-order valence-corrected chi connectivity index (χ2v) is 8.35. The highest BCUT2D eigenvalue weighted by atomic mass is 79.9.